The van der Waals surface area contributed by atoms with Gasteiger partial charge in [0.25, 0.3) is 0 Å². The lowest BCUT2D eigenvalue weighted by molar-refractivity contribution is -0.136. The second-order valence-corrected chi connectivity index (χ2v) is 8.90. The largest absolute Gasteiger partial charge is 0.384 e. The molecule has 5 heteroatoms. The number of hydrogen-bond acceptors (Lipinski definition) is 3. The number of rotatable bonds is 6. The van der Waals surface area contributed by atoms with Gasteiger partial charge in [0.2, 0.25) is 5.91 Å². The van der Waals surface area contributed by atoms with Crippen LogP contribution in [-0.2, 0) is 17.9 Å². The van der Waals surface area contributed by atoms with Gasteiger partial charge in [-0.25, -0.2) is 0 Å². The molecule has 4 aromatic rings. The Hall–Kier alpha value is -3.96. The minimum atomic E-state index is 0.0729. The monoisotopic (exact) mass is 448 g/mol. The van der Waals surface area contributed by atoms with E-state index >= 15 is 0 Å². The average Bonchev–Trinajstić information content (AvgIpc) is 2.86. The molecule has 0 bridgehead atoms. The Morgan fingerprint density at radius 1 is 0.765 bits per heavy atom. The highest BCUT2D eigenvalue weighted by molar-refractivity contribution is 5.99. The van der Waals surface area contributed by atoms with Crippen LogP contribution in [0.3, 0.4) is 0 Å². The Kier molecular flexibility index (Phi) is 6.11. The molecule has 1 fully saturated rings. The predicted octanol–water partition coefficient (Wildman–Crippen LogP) is 4.64. The van der Waals surface area contributed by atoms with E-state index in [9.17, 15) is 4.79 Å². The Morgan fingerprint density at radius 3 is 2.21 bits per heavy atom. The summed E-state index contributed by atoms with van der Waals surface area (Å²) in [4.78, 5) is 17.0. The third kappa shape index (κ3) is 4.85. The number of nitrogens with zero attached hydrogens (tertiary/aromatic N) is 2. The molecule has 0 aliphatic carbocycles. The van der Waals surface area contributed by atoms with Crippen LogP contribution in [0.2, 0.25) is 0 Å². The van der Waals surface area contributed by atoms with Crippen LogP contribution in [0.1, 0.15) is 16.7 Å². The number of piperazine rings is 1. The van der Waals surface area contributed by atoms with Crippen molar-refractivity contribution in [1.82, 2.24) is 9.80 Å². The molecule has 5 nitrogen and oxygen atoms in total. The summed E-state index contributed by atoms with van der Waals surface area (Å²) in [6.45, 7) is 3.37. The molecule has 1 aliphatic rings. The quantitative estimate of drug-likeness (QED) is 0.334. The molecule has 4 aromatic carbocycles. The van der Waals surface area contributed by atoms with Crippen LogP contribution in [0, 0.1) is 5.41 Å². The Morgan fingerprint density at radius 2 is 1.47 bits per heavy atom. The fraction of sp³-hybridized carbons (Fsp3) is 0.172. The SMILES string of the molecule is N=C(N)c1ccc2ccc(CN3CCN(Cc4ccc(-c5ccccc5)cc4)C(=O)C3)cc2c1. The second-order valence-electron chi connectivity index (χ2n) is 8.90. The second kappa shape index (κ2) is 9.49. The third-order valence-electron chi connectivity index (χ3n) is 6.45. The van der Waals surface area contributed by atoms with Crippen molar-refractivity contribution in [1.29, 1.82) is 5.41 Å². The third-order valence-corrected chi connectivity index (χ3v) is 6.45. The summed E-state index contributed by atoms with van der Waals surface area (Å²) < 4.78 is 0. The first-order valence-corrected chi connectivity index (χ1v) is 11.6. The molecule has 0 radical (unpaired) electrons. The van der Waals surface area contributed by atoms with Gasteiger partial charge in [-0.15, -0.1) is 0 Å². The van der Waals surface area contributed by atoms with Gasteiger partial charge in [0.1, 0.15) is 5.84 Å². The van der Waals surface area contributed by atoms with E-state index in [-0.39, 0.29) is 11.7 Å². The van der Waals surface area contributed by atoms with Crippen molar-refractivity contribution in [2.24, 2.45) is 5.73 Å². The van der Waals surface area contributed by atoms with Crippen LogP contribution in [0.25, 0.3) is 21.9 Å². The zero-order valence-corrected chi connectivity index (χ0v) is 19.1. The van der Waals surface area contributed by atoms with Crippen molar-refractivity contribution < 1.29 is 4.79 Å². The molecule has 0 unspecified atom stereocenters. The van der Waals surface area contributed by atoms with Crippen molar-refractivity contribution in [2.75, 3.05) is 19.6 Å². The van der Waals surface area contributed by atoms with Crippen molar-refractivity contribution in [3.63, 3.8) is 0 Å². The van der Waals surface area contributed by atoms with E-state index in [2.05, 4.69) is 59.5 Å². The first-order valence-electron chi connectivity index (χ1n) is 11.6. The summed E-state index contributed by atoms with van der Waals surface area (Å²) in [5.41, 5.74) is 11.1. The highest BCUT2D eigenvalue weighted by Gasteiger charge is 2.24. The van der Waals surface area contributed by atoms with Crippen LogP contribution in [0.4, 0.5) is 0 Å². The highest BCUT2D eigenvalue weighted by atomic mass is 16.2. The molecule has 0 aromatic heterocycles. The lowest BCUT2D eigenvalue weighted by atomic mass is 10.0. The maximum atomic E-state index is 12.9. The number of fused-ring (bicyclic) bond motifs is 1. The molecular formula is C29H28N4O. The van der Waals surface area contributed by atoms with Gasteiger partial charge in [-0.1, -0.05) is 78.9 Å². The van der Waals surface area contributed by atoms with Gasteiger partial charge >= 0.3 is 0 Å². The van der Waals surface area contributed by atoms with Gasteiger partial charge in [-0.2, -0.15) is 0 Å². The summed E-state index contributed by atoms with van der Waals surface area (Å²) in [6, 6.07) is 31.0. The molecule has 1 aliphatic heterocycles. The number of nitrogens with two attached hydrogens (primary N) is 1. The van der Waals surface area contributed by atoms with Crippen molar-refractivity contribution in [3.05, 3.63) is 108 Å². The Bertz CT molecular complexity index is 1330. The molecule has 0 saturated carbocycles. The number of nitrogens with one attached hydrogen (secondary N) is 1. The molecule has 0 atom stereocenters. The Labute approximate surface area is 199 Å². The summed E-state index contributed by atoms with van der Waals surface area (Å²) in [7, 11) is 0. The van der Waals surface area contributed by atoms with Gasteiger partial charge in [-0.05, 0) is 45.2 Å². The average molecular weight is 449 g/mol. The molecule has 1 saturated heterocycles. The minimum Gasteiger partial charge on any atom is -0.384 e. The van der Waals surface area contributed by atoms with Gasteiger partial charge < -0.3 is 10.6 Å². The zero-order valence-electron chi connectivity index (χ0n) is 19.1. The standard InChI is InChI=1S/C29H28N4O/c30-29(31)26-13-12-25-11-8-22(16-27(25)17-26)18-32-14-15-33(28(34)20-32)19-21-6-9-24(10-7-21)23-4-2-1-3-5-23/h1-13,16-17H,14-15,18-20H2,(H3,30,31). The maximum Gasteiger partial charge on any atom is 0.237 e. The normalized spacial score (nSPS) is 14.5. The number of amidine groups is 1. The number of carbonyl (C=O) groups excluding carboxylic acids is 1. The van der Waals surface area contributed by atoms with Crippen LogP contribution in [0.15, 0.2) is 91.0 Å². The van der Waals surface area contributed by atoms with Crippen molar-refractivity contribution >= 4 is 22.5 Å². The fourth-order valence-electron chi connectivity index (χ4n) is 4.53. The first kappa shape index (κ1) is 21.9. The van der Waals surface area contributed by atoms with E-state index in [4.69, 9.17) is 11.1 Å². The lowest BCUT2D eigenvalue weighted by Crippen LogP contribution is -2.49. The highest BCUT2D eigenvalue weighted by Crippen LogP contribution is 2.22. The van der Waals surface area contributed by atoms with E-state index in [1.165, 1.54) is 11.1 Å². The summed E-state index contributed by atoms with van der Waals surface area (Å²) in [5, 5.41) is 9.85. The smallest absolute Gasteiger partial charge is 0.237 e. The predicted molar refractivity (Wildman–Crippen MR) is 138 cm³/mol. The molecule has 1 amide bonds. The molecule has 0 spiro atoms. The molecule has 34 heavy (non-hydrogen) atoms. The number of carbonyl (C=O) groups is 1. The molecular weight excluding hydrogens is 420 g/mol. The van der Waals surface area contributed by atoms with E-state index in [0.717, 1.165) is 47.1 Å². The first-order chi connectivity index (χ1) is 16.5. The van der Waals surface area contributed by atoms with E-state index < -0.39 is 0 Å². The topological polar surface area (TPSA) is 73.4 Å². The van der Waals surface area contributed by atoms with E-state index in [0.29, 0.717) is 13.1 Å². The number of amides is 1. The summed E-state index contributed by atoms with van der Waals surface area (Å²) >= 11 is 0. The molecule has 170 valence electrons. The van der Waals surface area contributed by atoms with Gasteiger partial charge in [0.05, 0.1) is 6.54 Å². The maximum absolute atomic E-state index is 12.9. The fourth-order valence-corrected chi connectivity index (χ4v) is 4.53. The van der Waals surface area contributed by atoms with E-state index in [1.54, 1.807) is 0 Å². The zero-order chi connectivity index (χ0) is 23.5. The minimum absolute atomic E-state index is 0.0729. The Balaban J connectivity index is 1.20. The summed E-state index contributed by atoms with van der Waals surface area (Å²) in [5.74, 6) is 0.238. The molecule has 1 heterocycles. The van der Waals surface area contributed by atoms with Crippen molar-refractivity contribution in [3.8, 4) is 11.1 Å². The molecule has 5 rings (SSSR count). The van der Waals surface area contributed by atoms with Crippen molar-refractivity contribution in [2.45, 2.75) is 13.1 Å². The number of benzene rings is 4. The van der Waals surface area contributed by atoms with Gasteiger partial charge in [0, 0.05) is 31.7 Å². The van der Waals surface area contributed by atoms with Crippen LogP contribution >= 0.6 is 0 Å². The number of nitrogen functional groups attached to an aromatic ring is 1. The lowest BCUT2D eigenvalue weighted by Gasteiger charge is -2.34. The van der Waals surface area contributed by atoms with Crippen LogP contribution < -0.4 is 5.73 Å². The number of hydrogen-bond donors (Lipinski definition) is 2. The summed E-state index contributed by atoms with van der Waals surface area (Å²) in [6.07, 6.45) is 0. The van der Waals surface area contributed by atoms with Crippen LogP contribution in [-0.4, -0.2) is 41.2 Å². The van der Waals surface area contributed by atoms with Gasteiger partial charge in [0.15, 0.2) is 0 Å². The van der Waals surface area contributed by atoms with E-state index in [1.807, 2.05) is 41.3 Å². The van der Waals surface area contributed by atoms with Gasteiger partial charge in [-0.3, -0.25) is 15.1 Å². The van der Waals surface area contributed by atoms with Crippen LogP contribution in [0.5, 0.6) is 0 Å². The molecule has 3 N–H and O–H groups in total.